The molecule has 2 N–H and O–H groups in total. The minimum Gasteiger partial charge on any atom is -0.497 e. The van der Waals surface area contributed by atoms with Crippen LogP contribution in [0.3, 0.4) is 0 Å². The van der Waals surface area contributed by atoms with Crippen molar-refractivity contribution in [2.75, 3.05) is 31.5 Å². The smallest absolute Gasteiger partial charge is 0.262 e. The average Bonchev–Trinajstić information content (AvgIpc) is 2.78. The number of methoxy groups -OCH3 is 2. The quantitative estimate of drug-likeness (QED) is 0.591. The normalized spacial score (nSPS) is 10.1. The number of rotatable bonds is 8. The maximum Gasteiger partial charge on any atom is 0.262 e. The zero-order chi connectivity index (χ0) is 21.3. The van der Waals surface area contributed by atoms with Gasteiger partial charge in [0.25, 0.3) is 11.8 Å². The first-order valence-electron chi connectivity index (χ1n) is 9.19. The second-order valence-corrected chi connectivity index (χ2v) is 6.28. The van der Waals surface area contributed by atoms with Crippen molar-refractivity contribution in [1.29, 1.82) is 0 Å². The van der Waals surface area contributed by atoms with E-state index in [2.05, 4.69) is 10.6 Å². The van der Waals surface area contributed by atoms with Crippen molar-refractivity contribution < 1.29 is 23.8 Å². The Balaban J connectivity index is 1.52. The van der Waals surface area contributed by atoms with Gasteiger partial charge in [-0.05, 0) is 36.4 Å². The first kappa shape index (κ1) is 20.7. The zero-order valence-electron chi connectivity index (χ0n) is 16.7. The van der Waals surface area contributed by atoms with Gasteiger partial charge in [0.1, 0.15) is 17.2 Å². The van der Waals surface area contributed by atoms with Crippen LogP contribution in [0.4, 0.5) is 11.4 Å². The highest BCUT2D eigenvalue weighted by Gasteiger charge is 2.08. The summed E-state index contributed by atoms with van der Waals surface area (Å²) in [4.78, 5) is 24.3. The number of anilines is 2. The molecule has 0 atom stereocenters. The number of carbonyl (C=O) groups excluding carboxylic acids is 2. The van der Waals surface area contributed by atoms with E-state index >= 15 is 0 Å². The molecule has 0 aliphatic carbocycles. The molecule has 0 aromatic heterocycles. The van der Waals surface area contributed by atoms with Crippen LogP contribution in [0, 0.1) is 0 Å². The number of hydrogen-bond donors (Lipinski definition) is 2. The molecule has 0 saturated heterocycles. The van der Waals surface area contributed by atoms with Crippen molar-refractivity contribution in [2.45, 2.75) is 0 Å². The van der Waals surface area contributed by atoms with Gasteiger partial charge < -0.3 is 24.8 Å². The maximum absolute atomic E-state index is 12.2. The zero-order valence-corrected chi connectivity index (χ0v) is 16.7. The fourth-order valence-electron chi connectivity index (χ4n) is 2.65. The Kier molecular flexibility index (Phi) is 6.89. The van der Waals surface area contributed by atoms with Crippen molar-refractivity contribution in [1.82, 2.24) is 0 Å². The molecule has 0 bridgehead atoms. The maximum atomic E-state index is 12.2. The van der Waals surface area contributed by atoms with Crippen LogP contribution in [0.2, 0.25) is 0 Å². The molecule has 0 unspecified atom stereocenters. The fourth-order valence-corrected chi connectivity index (χ4v) is 2.65. The van der Waals surface area contributed by atoms with Gasteiger partial charge in [0.15, 0.2) is 6.61 Å². The molecule has 0 aliphatic rings. The summed E-state index contributed by atoms with van der Waals surface area (Å²) in [6.45, 7) is -0.171. The van der Waals surface area contributed by atoms with Crippen molar-refractivity contribution in [3.8, 4) is 17.2 Å². The fraction of sp³-hybridized carbons (Fsp3) is 0.130. The molecular formula is C23H22N2O5. The number of ether oxygens (including phenoxy) is 3. The molecule has 3 aromatic carbocycles. The van der Waals surface area contributed by atoms with Gasteiger partial charge in [-0.2, -0.15) is 0 Å². The van der Waals surface area contributed by atoms with Crippen molar-refractivity contribution in [3.05, 3.63) is 78.4 Å². The lowest BCUT2D eigenvalue weighted by Crippen LogP contribution is -2.20. The second kappa shape index (κ2) is 9.97. The minimum absolute atomic E-state index is 0.171. The van der Waals surface area contributed by atoms with E-state index in [1.807, 2.05) is 6.07 Å². The SMILES string of the molecule is COc1cc(NC(=O)COc2ccc(NC(=O)c3ccccc3)cc2)cc(OC)c1. The summed E-state index contributed by atoms with van der Waals surface area (Å²) in [7, 11) is 3.07. The number of nitrogens with one attached hydrogen (secondary N) is 2. The van der Waals surface area contributed by atoms with Gasteiger partial charge in [-0.15, -0.1) is 0 Å². The summed E-state index contributed by atoms with van der Waals surface area (Å²) in [6, 6.07) is 20.8. The Hall–Kier alpha value is -4.00. The molecule has 7 heteroatoms. The molecular weight excluding hydrogens is 384 g/mol. The van der Waals surface area contributed by atoms with E-state index in [9.17, 15) is 9.59 Å². The van der Waals surface area contributed by atoms with Crippen LogP contribution in [-0.2, 0) is 4.79 Å². The molecule has 30 heavy (non-hydrogen) atoms. The van der Waals surface area contributed by atoms with Gasteiger partial charge in [-0.25, -0.2) is 0 Å². The molecule has 0 fully saturated rings. The largest absolute Gasteiger partial charge is 0.497 e. The summed E-state index contributed by atoms with van der Waals surface area (Å²) in [5.41, 5.74) is 1.74. The van der Waals surface area contributed by atoms with Gasteiger partial charge in [-0.3, -0.25) is 9.59 Å². The van der Waals surface area contributed by atoms with E-state index < -0.39 is 0 Å². The topological polar surface area (TPSA) is 85.9 Å². The lowest BCUT2D eigenvalue weighted by atomic mass is 10.2. The van der Waals surface area contributed by atoms with Crippen LogP contribution < -0.4 is 24.8 Å². The molecule has 7 nitrogen and oxygen atoms in total. The van der Waals surface area contributed by atoms with Crippen LogP contribution in [0.15, 0.2) is 72.8 Å². The third kappa shape index (κ3) is 5.75. The summed E-state index contributed by atoms with van der Waals surface area (Å²) in [5.74, 6) is 1.12. The number of carbonyl (C=O) groups is 2. The summed E-state index contributed by atoms with van der Waals surface area (Å²) < 4.78 is 15.9. The van der Waals surface area contributed by atoms with Crippen molar-refractivity contribution in [2.24, 2.45) is 0 Å². The van der Waals surface area contributed by atoms with Gasteiger partial charge in [0.05, 0.1) is 14.2 Å². The predicted molar refractivity (Wildman–Crippen MR) is 115 cm³/mol. The van der Waals surface area contributed by atoms with E-state index in [1.54, 1.807) is 66.7 Å². The Morgan fingerprint density at radius 1 is 0.733 bits per heavy atom. The third-order valence-electron chi connectivity index (χ3n) is 4.15. The minimum atomic E-state index is -0.327. The molecule has 2 amide bonds. The Morgan fingerprint density at radius 2 is 1.37 bits per heavy atom. The van der Waals surface area contributed by atoms with E-state index in [0.717, 1.165) is 0 Å². The van der Waals surface area contributed by atoms with Crippen LogP contribution in [0.5, 0.6) is 17.2 Å². The van der Waals surface area contributed by atoms with Crippen LogP contribution in [-0.4, -0.2) is 32.6 Å². The van der Waals surface area contributed by atoms with E-state index in [4.69, 9.17) is 14.2 Å². The summed E-state index contributed by atoms with van der Waals surface area (Å²) in [6.07, 6.45) is 0. The lowest BCUT2D eigenvalue weighted by Gasteiger charge is -2.11. The number of benzene rings is 3. The third-order valence-corrected chi connectivity index (χ3v) is 4.15. The number of amides is 2. The second-order valence-electron chi connectivity index (χ2n) is 6.28. The highest BCUT2D eigenvalue weighted by Crippen LogP contribution is 2.25. The van der Waals surface area contributed by atoms with E-state index in [1.165, 1.54) is 14.2 Å². The van der Waals surface area contributed by atoms with Gasteiger partial charge in [0, 0.05) is 35.1 Å². The Bertz CT molecular complexity index is 982. The molecule has 0 aliphatic heterocycles. The van der Waals surface area contributed by atoms with Gasteiger partial charge in [-0.1, -0.05) is 18.2 Å². The van der Waals surface area contributed by atoms with Crippen molar-refractivity contribution in [3.63, 3.8) is 0 Å². The van der Waals surface area contributed by atoms with Gasteiger partial charge >= 0.3 is 0 Å². The van der Waals surface area contributed by atoms with Gasteiger partial charge in [0.2, 0.25) is 0 Å². The van der Waals surface area contributed by atoms with Crippen LogP contribution >= 0.6 is 0 Å². The highest BCUT2D eigenvalue weighted by molar-refractivity contribution is 6.04. The first-order chi connectivity index (χ1) is 14.6. The standard InChI is InChI=1S/C23H22N2O5/c1-28-20-12-18(13-21(14-20)29-2)24-22(26)15-30-19-10-8-17(9-11-19)25-23(27)16-6-4-3-5-7-16/h3-14H,15H2,1-2H3,(H,24,26)(H,25,27). The molecule has 0 heterocycles. The monoisotopic (exact) mass is 406 g/mol. The highest BCUT2D eigenvalue weighted by atomic mass is 16.5. The molecule has 3 rings (SSSR count). The predicted octanol–water partition coefficient (Wildman–Crippen LogP) is 3.97. The first-order valence-corrected chi connectivity index (χ1v) is 9.19. The Labute approximate surface area is 174 Å². The number of hydrogen-bond acceptors (Lipinski definition) is 5. The molecule has 0 saturated carbocycles. The van der Waals surface area contributed by atoms with Crippen LogP contribution in [0.25, 0.3) is 0 Å². The van der Waals surface area contributed by atoms with Crippen LogP contribution in [0.1, 0.15) is 10.4 Å². The molecule has 0 radical (unpaired) electrons. The summed E-state index contributed by atoms with van der Waals surface area (Å²) >= 11 is 0. The van der Waals surface area contributed by atoms with E-state index in [0.29, 0.717) is 34.2 Å². The molecule has 154 valence electrons. The van der Waals surface area contributed by atoms with Crippen molar-refractivity contribution >= 4 is 23.2 Å². The molecule has 3 aromatic rings. The molecule has 0 spiro atoms. The lowest BCUT2D eigenvalue weighted by molar-refractivity contribution is -0.118. The Morgan fingerprint density at radius 3 is 1.97 bits per heavy atom. The summed E-state index contributed by atoms with van der Waals surface area (Å²) in [5, 5.41) is 5.54. The average molecular weight is 406 g/mol. The van der Waals surface area contributed by atoms with E-state index in [-0.39, 0.29) is 18.4 Å².